The van der Waals surface area contributed by atoms with Crippen molar-refractivity contribution in [3.63, 3.8) is 0 Å². The molecule has 0 bridgehead atoms. The van der Waals surface area contributed by atoms with Crippen molar-refractivity contribution in [2.75, 3.05) is 11.9 Å². The lowest BCUT2D eigenvalue weighted by molar-refractivity contribution is 0.403. The molecule has 1 heterocycles. The second kappa shape index (κ2) is 4.73. The largest absolute Gasteiger partial charge is 0.360 e. The molecule has 0 saturated heterocycles. The number of hydrogen-bond donors (Lipinski definition) is 1. The van der Waals surface area contributed by atoms with E-state index in [0.29, 0.717) is 0 Å². The van der Waals surface area contributed by atoms with E-state index < -0.39 is 0 Å². The first-order chi connectivity index (χ1) is 6.51. The zero-order valence-electron chi connectivity index (χ0n) is 9.42. The molecule has 3 nitrogen and oxygen atoms in total. The van der Waals surface area contributed by atoms with E-state index in [1.54, 1.807) is 0 Å². The molecule has 0 aliphatic rings. The second-order valence-electron chi connectivity index (χ2n) is 4.68. The van der Waals surface area contributed by atoms with Gasteiger partial charge in [-0.25, -0.2) is 4.98 Å². The quantitative estimate of drug-likeness (QED) is 0.835. The van der Waals surface area contributed by atoms with E-state index in [-0.39, 0.29) is 5.41 Å². The van der Waals surface area contributed by atoms with Crippen LogP contribution in [-0.4, -0.2) is 15.9 Å². The van der Waals surface area contributed by atoms with E-state index in [0.717, 1.165) is 30.3 Å². The van der Waals surface area contributed by atoms with Crippen molar-refractivity contribution in [2.45, 2.75) is 40.5 Å². The highest BCUT2D eigenvalue weighted by Crippen LogP contribution is 2.21. The molecule has 14 heavy (non-hydrogen) atoms. The summed E-state index contributed by atoms with van der Waals surface area (Å²) in [5.41, 5.74) is 0.267. The number of rotatable bonds is 4. The highest BCUT2D eigenvalue weighted by molar-refractivity contribution is 7.09. The van der Waals surface area contributed by atoms with Gasteiger partial charge in [0.15, 0.2) is 0 Å². The molecule has 0 radical (unpaired) electrons. The van der Waals surface area contributed by atoms with Crippen molar-refractivity contribution in [2.24, 2.45) is 5.41 Å². The maximum atomic E-state index is 4.43. The average molecular weight is 213 g/mol. The van der Waals surface area contributed by atoms with Crippen LogP contribution in [0.25, 0.3) is 0 Å². The first-order valence-corrected chi connectivity index (χ1v) is 5.85. The highest BCUT2D eigenvalue weighted by Gasteiger charge is 2.14. The molecule has 0 aromatic carbocycles. The van der Waals surface area contributed by atoms with Crippen LogP contribution >= 0.6 is 11.5 Å². The predicted octanol–water partition coefficient (Wildman–Crippen LogP) is 2.95. The van der Waals surface area contributed by atoms with Crippen molar-refractivity contribution in [1.29, 1.82) is 0 Å². The molecule has 0 atom stereocenters. The lowest BCUT2D eigenvalue weighted by Gasteiger charge is -2.14. The Hall–Kier alpha value is -0.640. The third kappa shape index (κ3) is 4.05. The normalized spacial score (nSPS) is 11.7. The minimum atomic E-state index is 0.267. The Balaban J connectivity index is 2.51. The Morgan fingerprint density at radius 3 is 2.64 bits per heavy atom. The maximum absolute atomic E-state index is 4.43. The van der Waals surface area contributed by atoms with Crippen LogP contribution in [0.5, 0.6) is 0 Å². The molecule has 0 aliphatic heterocycles. The van der Waals surface area contributed by atoms with Gasteiger partial charge in [-0.1, -0.05) is 27.7 Å². The molecule has 0 aliphatic carbocycles. The third-order valence-electron chi connectivity index (χ3n) is 1.68. The van der Waals surface area contributed by atoms with Crippen LogP contribution in [0, 0.1) is 5.41 Å². The molecule has 0 unspecified atom stereocenters. The summed E-state index contributed by atoms with van der Waals surface area (Å²) < 4.78 is 4.32. The summed E-state index contributed by atoms with van der Waals surface area (Å²) in [5, 5.41) is 4.20. The summed E-state index contributed by atoms with van der Waals surface area (Å²) in [4.78, 5) is 4.43. The molecular weight excluding hydrogens is 194 g/mol. The van der Waals surface area contributed by atoms with Gasteiger partial charge in [-0.3, -0.25) is 0 Å². The van der Waals surface area contributed by atoms with Crippen LogP contribution in [0.1, 0.15) is 39.9 Å². The average Bonchev–Trinajstić information content (AvgIpc) is 2.46. The van der Waals surface area contributed by atoms with Gasteiger partial charge in [0.2, 0.25) is 5.13 Å². The van der Waals surface area contributed by atoms with Crippen molar-refractivity contribution >= 4 is 16.7 Å². The van der Waals surface area contributed by atoms with Crippen molar-refractivity contribution in [3.8, 4) is 0 Å². The van der Waals surface area contributed by atoms with E-state index in [9.17, 15) is 0 Å². The van der Waals surface area contributed by atoms with E-state index in [2.05, 4.69) is 42.4 Å². The van der Waals surface area contributed by atoms with Gasteiger partial charge in [0.25, 0.3) is 0 Å². The Morgan fingerprint density at radius 1 is 1.36 bits per heavy atom. The first kappa shape index (κ1) is 11.4. The number of nitrogens with zero attached hydrogens (tertiary/aromatic N) is 2. The lowest BCUT2D eigenvalue weighted by atomic mass is 9.92. The number of nitrogens with one attached hydrogen (secondary N) is 1. The molecular formula is C10H19N3S. The van der Waals surface area contributed by atoms with E-state index in [4.69, 9.17) is 0 Å². The molecule has 0 amide bonds. The van der Waals surface area contributed by atoms with Gasteiger partial charge >= 0.3 is 0 Å². The lowest BCUT2D eigenvalue weighted by Crippen LogP contribution is -2.10. The summed E-state index contributed by atoms with van der Waals surface area (Å²) in [6.45, 7) is 9.72. The van der Waals surface area contributed by atoms with Gasteiger partial charge in [0.05, 0.1) is 0 Å². The van der Waals surface area contributed by atoms with Crippen LogP contribution in [-0.2, 0) is 6.42 Å². The summed E-state index contributed by atoms with van der Waals surface area (Å²) in [7, 11) is 0. The summed E-state index contributed by atoms with van der Waals surface area (Å²) >= 11 is 1.46. The first-order valence-electron chi connectivity index (χ1n) is 5.08. The smallest absolute Gasteiger partial charge is 0.202 e. The van der Waals surface area contributed by atoms with E-state index in [1.807, 2.05) is 0 Å². The topological polar surface area (TPSA) is 37.8 Å². The molecule has 0 fully saturated rings. The monoisotopic (exact) mass is 213 g/mol. The van der Waals surface area contributed by atoms with Gasteiger partial charge in [-0.15, -0.1) is 0 Å². The number of hydrogen-bond acceptors (Lipinski definition) is 4. The summed E-state index contributed by atoms with van der Waals surface area (Å²) in [6.07, 6.45) is 2.06. The van der Waals surface area contributed by atoms with Crippen LogP contribution in [0.4, 0.5) is 5.13 Å². The summed E-state index contributed by atoms with van der Waals surface area (Å²) in [5.74, 6) is 0.959. The minimum absolute atomic E-state index is 0.267. The van der Waals surface area contributed by atoms with Crippen LogP contribution < -0.4 is 5.32 Å². The van der Waals surface area contributed by atoms with Gasteiger partial charge in [0.1, 0.15) is 5.82 Å². The zero-order valence-corrected chi connectivity index (χ0v) is 10.2. The van der Waals surface area contributed by atoms with Gasteiger partial charge < -0.3 is 5.32 Å². The Morgan fingerprint density at radius 2 is 2.07 bits per heavy atom. The molecule has 4 heteroatoms. The van der Waals surface area contributed by atoms with Crippen LogP contribution in [0.15, 0.2) is 0 Å². The Kier molecular flexibility index (Phi) is 3.86. The van der Waals surface area contributed by atoms with Gasteiger partial charge in [-0.05, 0) is 11.8 Å². The van der Waals surface area contributed by atoms with Crippen LogP contribution in [0.3, 0.4) is 0 Å². The van der Waals surface area contributed by atoms with Crippen molar-refractivity contribution in [1.82, 2.24) is 9.36 Å². The van der Waals surface area contributed by atoms with E-state index >= 15 is 0 Å². The molecule has 80 valence electrons. The van der Waals surface area contributed by atoms with Gasteiger partial charge in [-0.2, -0.15) is 4.37 Å². The molecule has 1 aromatic rings. The predicted molar refractivity (Wildman–Crippen MR) is 61.8 cm³/mol. The number of aromatic nitrogens is 2. The fraction of sp³-hybridized carbons (Fsp3) is 0.800. The number of anilines is 1. The van der Waals surface area contributed by atoms with Crippen molar-refractivity contribution in [3.05, 3.63) is 5.82 Å². The van der Waals surface area contributed by atoms with Crippen LogP contribution in [0.2, 0.25) is 0 Å². The second-order valence-corrected chi connectivity index (χ2v) is 5.43. The molecule has 0 spiro atoms. The fourth-order valence-electron chi connectivity index (χ4n) is 1.10. The highest BCUT2D eigenvalue weighted by atomic mass is 32.1. The van der Waals surface area contributed by atoms with E-state index in [1.165, 1.54) is 11.5 Å². The summed E-state index contributed by atoms with van der Waals surface area (Å²) in [6, 6.07) is 0. The zero-order chi connectivity index (χ0) is 10.6. The van der Waals surface area contributed by atoms with Gasteiger partial charge in [0, 0.05) is 24.5 Å². The fourth-order valence-corrected chi connectivity index (χ4v) is 1.71. The molecule has 1 aromatic heterocycles. The standard InChI is InChI=1S/C10H19N3S/c1-5-6-11-9-12-8(13-14-9)7-10(2,3)4/h5-7H2,1-4H3,(H,11,12,13). The SMILES string of the molecule is CCCNc1nc(CC(C)(C)C)ns1. The Bertz CT molecular complexity index is 275. The minimum Gasteiger partial charge on any atom is -0.360 e. The van der Waals surface area contributed by atoms with Crippen molar-refractivity contribution < 1.29 is 0 Å². The molecule has 1 N–H and O–H groups in total. The molecule has 1 rings (SSSR count). The molecule has 0 saturated carbocycles. The third-order valence-corrected chi connectivity index (χ3v) is 2.39. The maximum Gasteiger partial charge on any atom is 0.202 e. The Labute approximate surface area is 90.1 Å².